The molecule has 0 saturated heterocycles. The minimum atomic E-state index is -0.829. The van der Waals surface area contributed by atoms with Crippen molar-refractivity contribution < 1.29 is 24.1 Å². The van der Waals surface area contributed by atoms with Gasteiger partial charge in [0.2, 0.25) is 6.10 Å². The van der Waals surface area contributed by atoms with E-state index in [9.17, 15) is 9.90 Å². The quantitative estimate of drug-likeness (QED) is 0.538. The van der Waals surface area contributed by atoms with Gasteiger partial charge in [-0.1, -0.05) is 30.3 Å². The van der Waals surface area contributed by atoms with Crippen molar-refractivity contribution in [2.24, 2.45) is 5.10 Å². The molecule has 4 rings (SSSR count). The zero-order valence-corrected chi connectivity index (χ0v) is 15.1. The van der Waals surface area contributed by atoms with Crippen LogP contribution in [0.5, 0.6) is 23.0 Å². The summed E-state index contributed by atoms with van der Waals surface area (Å²) in [4.78, 5) is 12.4. The first kappa shape index (κ1) is 17.7. The van der Waals surface area contributed by atoms with E-state index in [2.05, 4.69) is 10.5 Å². The Labute approximate surface area is 161 Å². The minimum Gasteiger partial charge on any atom is -0.504 e. The number of phenolic OH excluding ortho intramolecular Hbond substituents is 1. The van der Waals surface area contributed by atoms with Gasteiger partial charge >= 0.3 is 0 Å². The number of nitrogens with one attached hydrogen (secondary N) is 1. The molecule has 28 heavy (non-hydrogen) atoms. The van der Waals surface area contributed by atoms with E-state index in [1.807, 2.05) is 36.4 Å². The number of carbonyl (C=O) groups excluding carboxylic acids is 1. The lowest BCUT2D eigenvalue weighted by Crippen LogP contribution is -2.42. The largest absolute Gasteiger partial charge is 0.504 e. The summed E-state index contributed by atoms with van der Waals surface area (Å²) in [6.45, 7) is 0.0805. The van der Waals surface area contributed by atoms with Crippen LogP contribution in [0.2, 0.25) is 0 Å². The molecule has 0 spiro atoms. The fourth-order valence-corrected chi connectivity index (χ4v) is 2.93. The predicted molar refractivity (Wildman–Crippen MR) is 104 cm³/mol. The molecule has 3 aromatic carbocycles. The van der Waals surface area contributed by atoms with E-state index < -0.39 is 12.0 Å². The third-order valence-corrected chi connectivity index (χ3v) is 4.39. The number of ether oxygens (including phenoxy) is 3. The number of para-hydroxylation sites is 1. The van der Waals surface area contributed by atoms with Crippen LogP contribution in [-0.2, 0) is 4.79 Å². The summed E-state index contributed by atoms with van der Waals surface area (Å²) in [5.41, 5.74) is 2.82. The molecule has 7 heteroatoms. The zero-order chi connectivity index (χ0) is 19.5. The smallest absolute Gasteiger partial charge is 0.284 e. The van der Waals surface area contributed by atoms with E-state index in [0.29, 0.717) is 22.8 Å². The van der Waals surface area contributed by atoms with Crippen molar-refractivity contribution in [1.82, 2.24) is 5.43 Å². The number of rotatable bonds is 4. The molecule has 0 unspecified atom stereocenters. The molecule has 0 saturated carbocycles. The van der Waals surface area contributed by atoms with Crippen LogP contribution in [0.15, 0.2) is 59.7 Å². The third-order valence-electron chi connectivity index (χ3n) is 4.39. The highest BCUT2D eigenvalue weighted by molar-refractivity contribution is 5.88. The molecule has 3 aromatic rings. The van der Waals surface area contributed by atoms with Crippen molar-refractivity contribution in [2.45, 2.75) is 6.10 Å². The van der Waals surface area contributed by atoms with Gasteiger partial charge in [0.05, 0.1) is 13.3 Å². The van der Waals surface area contributed by atoms with Crippen molar-refractivity contribution in [3.8, 4) is 23.0 Å². The SMILES string of the molecule is COc1cccc(/C=N/NC(=O)[C@@H]2COc3cc4ccccc4cc3O2)c1O. The molecule has 142 valence electrons. The highest BCUT2D eigenvalue weighted by Gasteiger charge is 2.27. The van der Waals surface area contributed by atoms with Gasteiger partial charge in [0, 0.05) is 5.56 Å². The minimum absolute atomic E-state index is 0.0546. The highest BCUT2D eigenvalue weighted by atomic mass is 16.6. The molecule has 1 aliphatic rings. The fourth-order valence-electron chi connectivity index (χ4n) is 2.93. The average Bonchev–Trinajstić information content (AvgIpc) is 2.73. The van der Waals surface area contributed by atoms with Crippen LogP contribution in [0, 0.1) is 0 Å². The summed E-state index contributed by atoms with van der Waals surface area (Å²) in [7, 11) is 1.46. The summed E-state index contributed by atoms with van der Waals surface area (Å²) in [5, 5.41) is 15.9. The fraction of sp³-hybridized carbons (Fsp3) is 0.143. The molecule has 2 N–H and O–H groups in total. The van der Waals surface area contributed by atoms with E-state index in [0.717, 1.165) is 10.8 Å². The topological polar surface area (TPSA) is 89.4 Å². The summed E-state index contributed by atoms with van der Waals surface area (Å²) >= 11 is 0. The maximum atomic E-state index is 12.4. The second-order valence-corrected chi connectivity index (χ2v) is 6.20. The number of phenols is 1. The van der Waals surface area contributed by atoms with Crippen LogP contribution < -0.4 is 19.6 Å². The molecular formula is C21H18N2O5. The molecule has 1 amide bonds. The second-order valence-electron chi connectivity index (χ2n) is 6.20. The monoisotopic (exact) mass is 378 g/mol. The van der Waals surface area contributed by atoms with Crippen molar-refractivity contribution in [1.29, 1.82) is 0 Å². The molecule has 1 heterocycles. The summed E-state index contributed by atoms with van der Waals surface area (Å²) < 4.78 is 16.5. The summed E-state index contributed by atoms with van der Waals surface area (Å²) in [5.74, 6) is 0.939. The van der Waals surface area contributed by atoms with Crippen LogP contribution in [0.4, 0.5) is 0 Å². The highest BCUT2D eigenvalue weighted by Crippen LogP contribution is 2.35. The van der Waals surface area contributed by atoms with Crippen molar-refractivity contribution in [3.63, 3.8) is 0 Å². The average molecular weight is 378 g/mol. The van der Waals surface area contributed by atoms with Gasteiger partial charge in [-0.2, -0.15) is 5.10 Å². The number of nitrogens with zero attached hydrogens (tertiary/aromatic N) is 1. The van der Waals surface area contributed by atoms with Gasteiger partial charge in [-0.25, -0.2) is 5.43 Å². The van der Waals surface area contributed by atoms with Crippen LogP contribution >= 0.6 is 0 Å². The Bertz CT molecular complexity index is 1060. The van der Waals surface area contributed by atoms with Crippen LogP contribution in [0.3, 0.4) is 0 Å². The molecule has 1 atom stereocenters. The Morgan fingerprint density at radius 3 is 2.68 bits per heavy atom. The Morgan fingerprint density at radius 1 is 1.18 bits per heavy atom. The van der Waals surface area contributed by atoms with E-state index in [4.69, 9.17) is 14.2 Å². The number of hydrazone groups is 1. The van der Waals surface area contributed by atoms with Crippen molar-refractivity contribution >= 4 is 22.9 Å². The number of benzene rings is 3. The van der Waals surface area contributed by atoms with Gasteiger partial charge in [-0.05, 0) is 35.0 Å². The van der Waals surface area contributed by atoms with Gasteiger partial charge in [-0.15, -0.1) is 0 Å². The van der Waals surface area contributed by atoms with E-state index in [-0.39, 0.29) is 12.4 Å². The lowest BCUT2D eigenvalue weighted by atomic mass is 10.1. The predicted octanol–water partition coefficient (Wildman–Crippen LogP) is 2.84. The summed E-state index contributed by atoms with van der Waals surface area (Å²) in [6.07, 6.45) is 0.505. The molecule has 0 fully saturated rings. The first-order valence-corrected chi connectivity index (χ1v) is 8.67. The number of hydrogen-bond donors (Lipinski definition) is 2. The Morgan fingerprint density at radius 2 is 1.93 bits per heavy atom. The van der Waals surface area contributed by atoms with Crippen molar-refractivity contribution in [3.05, 3.63) is 60.2 Å². The first-order chi connectivity index (χ1) is 13.7. The van der Waals surface area contributed by atoms with E-state index in [1.165, 1.54) is 13.3 Å². The molecule has 0 bridgehead atoms. The first-order valence-electron chi connectivity index (χ1n) is 8.67. The normalized spacial score (nSPS) is 15.5. The van der Waals surface area contributed by atoms with Crippen LogP contribution in [0.25, 0.3) is 10.8 Å². The van der Waals surface area contributed by atoms with Crippen molar-refractivity contribution in [2.75, 3.05) is 13.7 Å². The zero-order valence-electron chi connectivity index (χ0n) is 15.1. The third kappa shape index (κ3) is 3.42. The van der Waals surface area contributed by atoms with E-state index >= 15 is 0 Å². The summed E-state index contributed by atoms with van der Waals surface area (Å²) in [6, 6.07) is 16.6. The van der Waals surface area contributed by atoms with Gasteiger partial charge in [-0.3, -0.25) is 4.79 Å². The van der Waals surface area contributed by atoms with E-state index in [1.54, 1.807) is 18.2 Å². The van der Waals surface area contributed by atoms with Gasteiger partial charge in [0.25, 0.3) is 5.91 Å². The Hall–Kier alpha value is -3.74. The maximum Gasteiger partial charge on any atom is 0.284 e. The number of hydrogen-bond acceptors (Lipinski definition) is 6. The molecule has 7 nitrogen and oxygen atoms in total. The number of aromatic hydroxyl groups is 1. The lowest BCUT2D eigenvalue weighted by Gasteiger charge is -2.25. The number of fused-ring (bicyclic) bond motifs is 2. The lowest BCUT2D eigenvalue weighted by molar-refractivity contribution is -0.130. The Kier molecular flexibility index (Phi) is 4.72. The molecule has 0 aromatic heterocycles. The van der Waals surface area contributed by atoms with Gasteiger partial charge in [0.15, 0.2) is 23.0 Å². The molecule has 1 aliphatic heterocycles. The van der Waals surface area contributed by atoms with Gasteiger partial charge < -0.3 is 19.3 Å². The van der Waals surface area contributed by atoms with Gasteiger partial charge in [0.1, 0.15) is 6.61 Å². The maximum absolute atomic E-state index is 12.4. The Balaban J connectivity index is 1.44. The van der Waals surface area contributed by atoms with Crippen LogP contribution in [0.1, 0.15) is 5.56 Å². The number of carbonyl (C=O) groups is 1. The molecule has 0 radical (unpaired) electrons. The van der Waals surface area contributed by atoms with Crippen LogP contribution in [-0.4, -0.2) is 37.0 Å². The number of amides is 1. The number of methoxy groups -OCH3 is 1. The standard InChI is InChI=1S/C21H18N2O5/c1-26-16-8-4-7-15(20(16)24)11-22-23-21(25)19-12-27-17-9-13-5-2-3-6-14(13)10-18(17)28-19/h2-11,19,24H,12H2,1H3,(H,23,25)/b22-11+/t19-/m0/s1. The molecule has 0 aliphatic carbocycles. The second kappa shape index (κ2) is 7.48. The molecular weight excluding hydrogens is 360 g/mol.